The van der Waals surface area contributed by atoms with Crippen LogP contribution in [0, 0.1) is 0 Å². The molecule has 0 spiro atoms. The first-order chi connectivity index (χ1) is 6.22. The fraction of sp³-hybridized carbons (Fsp3) is 0.375. The van der Waals surface area contributed by atoms with Crippen LogP contribution < -0.4 is 5.32 Å². The predicted octanol–water partition coefficient (Wildman–Crippen LogP) is 1.66. The highest BCUT2D eigenvalue weighted by molar-refractivity contribution is 7.16. The van der Waals surface area contributed by atoms with Crippen molar-refractivity contribution in [3.8, 4) is 0 Å². The largest absolute Gasteiger partial charge is 0.468 e. The van der Waals surface area contributed by atoms with E-state index in [1.165, 1.54) is 18.4 Å². The lowest BCUT2D eigenvalue weighted by molar-refractivity contribution is -0.139. The van der Waals surface area contributed by atoms with Gasteiger partial charge >= 0.3 is 5.97 Å². The van der Waals surface area contributed by atoms with E-state index >= 15 is 0 Å². The first-order valence-electron chi connectivity index (χ1n) is 3.74. The van der Waals surface area contributed by atoms with Crippen LogP contribution in [0.25, 0.3) is 0 Å². The van der Waals surface area contributed by atoms with Gasteiger partial charge in [-0.3, -0.25) is 4.79 Å². The van der Waals surface area contributed by atoms with Crippen LogP contribution in [0.4, 0.5) is 0 Å². The van der Waals surface area contributed by atoms with Gasteiger partial charge in [0.05, 0.1) is 18.0 Å². The monoisotopic (exact) mass is 219 g/mol. The van der Waals surface area contributed by atoms with Crippen molar-refractivity contribution in [2.75, 3.05) is 13.7 Å². The third kappa shape index (κ3) is 3.76. The van der Waals surface area contributed by atoms with E-state index < -0.39 is 0 Å². The van der Waals surface area contributed by atoms with E-state index in [1.54, 1.807) is 0 Å². The van der Waals surface area contributed by atoms with Gasteiger partial charge < -0.3 is 10.1 Å². The van der Waals surface area contributed by atoms with Crippen molar-refractivity contribution >= 4 is 28.9 Å². The molecule has 0 atom stereocenters. The summed E-state index contributed by atoms with van der Waals surface area (Å²) in [4.78, 5) is 11.8. The van der Waals surface area contributed by atoms with Crippen LogP contribution in [-0.4, -0.2) is 19.6 Å². The van der Waals surface area contributed by atoms with E-state index in [2.05, 4.69) is 10.1 Å². The summed E-state index contributed by atoms with van der Waals surface area (Å²) in [7, 11) is 1.37. The minimum atomic E-state index is -0.261. The van der Waals surface area contributed by atoms with E-state index in [-0.39, 0.29) is 12.5 Å². The number of thiophene rings is 1. The first kappa shape index (κ1) is 10.5. The molecule has 0 radical (unpaired) electrons. The number of ether oxygens (including phenoxy) is 1. The Balaban J connectivity index is 2.24. The number of carbonyl (C=O) groups is 1. The Morgan fingerprint density at radius 3 is 3.00 bits per heavy atom. The molecular formula is C8H10ClNO2S. The number of rotatable bonds is 4. The molecule has 72 valence electrons. The standard InChI is InChI=1S/C8H10ClNO2S/c1-12-8(11)5-10-4-6-2-3-7(9)13-6/h2-3,10H,4-5H2,1H3. The van der Waals surface area contributed by atoms with Gasteiger partial charge in [0, 0.05) is 11.4 Å². The molecule has 0 unspecified atom stereocenters. The molecule has 5 heteroatoms. The van der Waals surface area contributed by atoms with Crippen LogP contribution in [0.3, 0.4) is 0 Å². The molecule has 1 aromatic rings. The number of methoxy groups -OCH3 is 1. The average molecular weight is 220 g/mol. The minimum absolute atomic E-state index is 0.228. The maximum atomic E-state index is 10.7. The summed E-state index contributed by atoms with van der Waals surface area (Å²) in [6.45, 7) is 0.874. The van der Waals surface area contributed by atoms with Crippen LogP contribution >= 0.6 is 22.9 Å². The van der Waals surface area contributed by atoms with Gasteiger partial charge in [0.2, 0.25) is 0 Å². The SMILES string of the molecule is COC(=O)CNCc1ccc(Cl)s1. The van der Waals surface area contributed by atoms with Gasteiger partial charge in [0.1, 0.15) is 0 Å². The van der Waals surface area contributed by atoms with Crippen molar-refractivity contribution in [3.05, 3.63) is 21.3 Å². The summed E-state index contributed by atoms with van der Waals surface area (Å²) in [6.07, 6.45) is 0. The zero-order chi connectivity index (χ0) is 9.68. The van der Waals surface area contributed by atoms with E-state index in [0.717, 1.165) is 9.21 Å². The minimum Gasteiger partial charge on any atom is -0.468 e. The number of carbonyl (C=O) groups excluding carboxylic acids is 1. The molecule has 3 nitrogen and oxygen atoms in total. The Hall–Kier alpha value is -0.580. The Morgan fingerprint density at radius 1 is 1.69 bits per heavy atom. The highest BCUT2D eigenvalue weighted by atomic mass is 35.5. The normalized spacial score (nSPS) is 10.0. The molecule has 0 aliphatic heterocycles. The molecule has 0 amide bonds. The third-order valence-electron chi connectivity index (χ3n) is 1.43. The molecule has 0 aromatic carbocycles. The van der Waals surface area contributed by atoms with Crippen molar-refractivity contribution in [2.45, 2.75) is 6.54 Å². The molecule has 0 aliphatic rings. The molecule has 13 heavy (non-hydrogen) atoms. The van der Waals surface area contributed by atoms with Crippen LogP contribution in [-0.2, 0) is 16.1 Å². The van der Waals surface area contributed by atoms with Crippen LogP contribution in [0.15, 0.2) is 12.1 Å². The molecule has 0 fully saturated rings. The van der Waals surface area contributed by atoms with Gasteiger partial charge in [-0.15, -0.1) is 11.3 Å². The zero-order valence-electron chi connectivity index (χ0n) is 7.17. The van der Waals surface area contributed by atoms with Crippen LogP contribution in [0.1, 0.15) is 4.88 Å². The zero-order valence-corrected chi connectivity index (χ0v) is 8.74. The summed E-state index contributed by atoms with van der Waals surface area (Å²) in [5.74, 6) is -0.261. The van der Waals surface area contributed by atoms with Crippen LogP contribution in [0.5, 0.6) is 0 Å². The van der Waals surface area contributed by atoms with Gasteiger partial charge in [0.25, 0.3) is 0 Å². The summed E-state index contributed by atoms with van der Waals surface area (Å²) >= 11 is 7.23. The fourth-order valence-electron chi connectivity index (χ4n) is 0.807. The summed E-state index contributed by atoms with van der Waals surface area (Å²) in [5.41, 5.74) is 0. The number of nitrogens with one attached hydrogen (secondary N) is 1. The van der Waals surface area contributed by atoms with E-state index in [9.17, 15) is 4.79 Å². The fourth-order valence-corrected chi connectivity index (χ4v) is 1.86. The van der Waals surface area contributed by atoms with E-state index in [1.807, 2.05) is 12.1 Å². The van der Waals surface area contributed by atoms with Crippen molar-refractivity contribution in [1.82, 2.24) is 5.32 Å². The molecule has 1 heterocycles. The average Bonchev–Trinajstić information content (AvgIpc) is 2.51. The predicted molar refractivity (Wildman–Crippen MR) is 53.1 cm³/mol. The summed E-state index contributed by atoms with van der Waals surface area (Å²) < 4.78 is 5.23. The number of halogens is 1. The highest BCUT2D eigenvalue weighted by Gasteiger charge is 2.00. The second-order valence-electron chi connectivity index (χ2n) is 2.39. The molecule has 1 N–H and O–H groups in total. The number of hydrogen-bond donors (Lipinski definition) is 1. The van der Waals surface area contributed by atoms with Gasteiger partial charge in [-0.25, -0.2) is 0 Å². The lowest BCUT2D eigenvalue weighted by Gasteiger charge is -2.00. The molecule has 1 rings (SSSR count). The number of hydrogen-bond acceptors (Lipinski definition) is 4. The Morgan fingerprint density at radius 2 is 2.46 bits per heavy atom. The first-order valence-corrected chi connectivity index (χ1v) is 4.93. The maximum absolute atomic E-state index is 10.7. The molecule has 0 bridgehead atoms. The van der Waals surface area contributed by atoms with Crippen molar-refractivity contribution in [2.24, 2.45) is 0 Å². The molecule has 0 aliphatic carbocycles. The van der Waals surface area contributed by atoms with Gasteiger partial charge in [-0.1, -0.05) is 11.6 Å². The van der Waals surface area contributed by atoms with Crippen molar-refractivity contribution in [3.63, 3.8) is 0 Å². The molecule has 0 saturated heterocycles. The van der Waals surface area contributed by atoms with Crippen molar-refractivity contribution < 1.29 is 9.53 Å². The smallest absolute Gasteiger partial charge is 0.319 e. The molecular weight excluding hydrogens is 210 g/mol. The summed E-state index contributed by atoms with van der Waals surface area (Å²) in [5, 5.41) is 2.94. The second kappa shape index (κ2) is 5.21. The van der Waals surface area contributed by atoms with Gasteiger partial charge in [-0.2, -0.15) is 0 Å². The van der Waals surface area contributed by atoms with Crippen molar-refractivity contribution in [1.29, 1.82) is 0 Å². The van der Waals surface area contributed by atoms with E-state index in [0.29, 0.717) is 6.54 Å². The topological polar surface area (TPSA) is 38.3 Å². The lowest BCUT2D eigenvalue weighted by Crippen LogP contribution is -2.22. The Labute approximate surface area is 85.7 Å². The molecule has 1 aromatic heterocycles. The lowest BCUT2D eigenvalue weighted by atomic mass is 10.4. The quantitative estimate of drug-likeness (QED) is 0.783. The second-order valence-corrected chi connectivity index (χ2v) is 4.19. The third-order valence-corrected chi connectivity index (χ3v) is 2.66. The van der Waals surface area contributed by atoms with E-state index in [4.69, 9.17) is 11.6 Å². The Bertz CT molecular complexity index is 287. The molecule has 0 saturated carbocycles. The maximum Gasteiger partial charge on any atom is 0.319 e. The number of esters is 1. The Kier molecular flexibility index (Phi) is 4.21. The van der Waals surface area contributed by atoms with Crippen LogP contribution in [0.2, 0.25) is 4.34 Å². The van der Waals surface area contributed by atoms with Gasteiger partial charge in [-0.05, 0) is 12.1 Å². The summed E-state index contributed by atoms with van der Waals surface area (Å²) in [6, 6.07) is 3.76. The highest BCUT2D eigenvalue weighted by Crippen LogP contribution is 2.20. The van der Waals surface area contributed by atoms with Gasteiger partial charge in [0.15, 0.2) is 0 Å².